The van der Waals surface area contributed by atoms with Crippen LogP contribution in [-0.2, 0) is 13.0 Å². The monoisotopic (exact) mass is 441 g/mol. The maximum Gasteiger partial charge on any atom is 0.322 e. The van der Waals surface area contributed by atoms with Gasteiger partial charge < -0.3 is 14.8 Å². The molecule has 2 heterocycles. The van der Waals surface area contributed by atoms with Gasteiger partial charge in [-0.25, -0.2) is 4.79 Å². The van der Waals surface area contributed by atoms with Crippen molar-refractivity contribution < 1.29 is 4.79 Å². The van der Waals surface area contributed by atoms with Crippen LogP contribution in [0.25, 0.3) is 5.69 Å². The topological polar surface area (TPSA) is 37.3 Å². The molecule has 0 fully saturated rings. The van der Waals surface area contributed by atoms with Crippen LogP contribution in [0.5, 0.6) is 0 Å². The lowest BCUT2D eigenvalue weighted by Crippen LogP contribution is -2.37. The normalized spacial score (nSPS) is 14.9. The predicted molar refractivity (Wildman–Crippen MR) is 129 cm³/mol. The average Bonchev–Trinajstić information content (AvgIpc) is 3.25. The number of hydrogen-bond acceptors (Lipinski definition) is 1. The van der Waals surface area contributed by atoms with E-state index in [4.69, 9.17) is 11.6 Å². The molecule has 160 valence electrons. The number of aromatic nitrogens is 1. The summed E-state index contributed by atoms with van der Waals surface area (Å²) >= 11 is 6.02. The molecule has 1 aromatic heterocycles. The van der Waals surface area contributed by atoms with Crippen molar-refractivity contribution in [1.82, 2.24) is 9.47 Å². The first kappa shape index (κ1) is 20.4. The number of fused-ring (bicyclic) bond motifs is 3. The summed E-state index contributed by atoms with van der Waals surface area (Å²) in [7, 11) is 0. The molecule has 0 unspecified atom stereocenters. The second-order valence-electron chi connectivity index (χ2n) is 7.99. The molecule has 3 aromatic carbocycles. The molecule has 4 nitrogen and oxygen atoms in total. The molecule has 2 amide bonds. The van der Waals surface area contributed by atoms with Gasteiger partial charge in [-0.05, 0) is 65.6 Å². The number of benzene rings is 3. The Morgan fingerprint density at radius 1 is 0.969 bits per heavy atom. The number of carbonyl (C=O) groups is 1. The van der Waals surface area contributed by atoms with E-state index < -0.39 is 0 Å². The van der Waals surface area contributed by atoms with Crippen LogP contribution in [0.4, 0.5) is 10.5 Å². The Kier molecular flexibility index (Phi) is 5.46. The van der Waals surface area contributed by atoms with Crippen LogP contribution in [0, 0.1) is 0 Å². The summed E-state index contributed by atoms with van der Waals surface area (Å²) in [5.41, 5.74) is 6.34. The van der Waals surface area contributed by atoms with E-state index in [0.717, 1.165) is 28.9 Å². The molecule has 0 aliphatic carbocycles. The van der Waals surface area contributed by atoms with E-state index in [1.165, 1.54) is 5.56 Å². The maximum absolute atomic E-state index is 13.6. The molecule has 1 aliphatic heterocycles. The van der Waals surface area contributed by atoms with E-state index in [0.29, 0.717) is 17.3 Å². The number of nitrogens with one attached hydrogen (secondary N) is 1. The zero-order valence-electron chi connectivity index (χ0n) is 17.8. The van der Waals surface area contributed by atoms with Crippen LogP contribution in [0.1, 0.15) is 35.3 Å². The van der Waals surface area contributed by atoms with Crippen molar-refractivity contribution in [2.45, 2.75) is 25.9 Å². The fourth-order valence-corrected chi connectivity index (χ4v) is 4.48. The smallest absolute Gasteiger partial charge is 0.318 e. The third kappa shape index (κ3) is 3.78. The van der Waals surface area contributed by atoms with Crippen molar-refractivity contribution in [2.24, 2.45) is 0 Å². The summed E-state index contributed by atoms with van der Waals surface area (Å²) in [4.78, 5) is 15.5. The number of anilines is 1. The van der Waals surface area contributed by atoms with Gasteiger partial charge in [-0.3, -0.25) is 0 Å². The van der Waals surface area contributed by atoms with Crippen molar-refractivity contribution in [2.75, 3.05) is 5.32 Å². The van der Waals surface area contributed by atoms with Gasteiger partial charge >= 0.3 is 6.03 Å². The number of hydrogen-bond donors (Lipinski definition) is 1. The molecule has 4 aromatic rings. The van der Waals surface area contributed by atoms with Crippen LogP contribution >= 0.6 is 11.6 Å². The van der Waals surface area contributed by atoms with Crippen molar-refractivity contribution in [3.8, 4) is 5.69 Å². The van der Waals surface area contributed by atoms with Gasteiger partial charge in [0.15, 0.2) is 0 Å². The second-order valence-corrected chi connectivity index (χ2v) is 8.43. The minimum atomic E-state index is -0.226. The minimum Gasteiger partial charge on any atom is -0.318 e. The molecular weight excluding hydrogens is 418 g/mol. The highest BCUT2D eigenvalue weighted by Gasteiger charge is 2.32. The Hall–Kier alpha value is -3.50. The molecule has 0 bridgehead atoms. The van der Waals surface area contributed by atoms with E-state index >= 15 is 0 Å². The Labute approximate surface area is 193 Å². The first-order valence-corrected chi connectivity index (χ1v) is 11.2. The lowest BCUT2D eigenvalue weighted by molar-refractivity contribution is 0.194. The summed E-state index contributed by atoms with van der Waals surface area (Å²) in [5, 5.41) is 3.70. The van der Waals surface area contributed by atoms with Gasteiger partial charge in [-0.15, -0.1) is 0 Å². The minimum absolute atomic E-state index is 0.152. The Bertz CT molecular complexity index is 1240. The first-order valence-electron chi connectivity index (χ1n) is 10.8. The summed E-state index contributed by atoms with van der Waals surface area (Å²) in [6, 6.07) is 27.8. The number of nitrogens with zero attached hydrogens (tertiary/aromatic N) is 2. The van der Waals surface area contributed by atoms with Crippen LogP contribution in [-0.4, -0.2) is 15.5 Å². The van der Waals surface area contributed by atoms with E-state index in [1.54, 1.807) is 12.1 Å². The number of aryl methyl sites for hydroxylation is 1. The lowest BCUT2D eigenvalue weighted by Gasteiger charge is -2.31. The van der Waals surface area contributed by atoms with Crippen LogP contribution in [0.3, 0.4) is 0 Å². The molecule has 5 rings (SSSR count). The van der Waals surface area contributed by atoms with Crippen molar-refractivity contribution in [1.29, 1.82) is 0 Å². The molecule has 0 radical (unpaired) electrons. The van der Waals surface area contributed by atoms with E-state index in [2.05, 4.69) is 65.5 Å². The number of carbonyl (C=O) groups excluding carboxylic acids is 1. The first-order chi connectivity index (χ1) is 15.6. The quantitative estimate of drug-likeness (QED) is 0.371. The highest BCUT2D eigenvalue weighted by Crippen LogP contribution is 2.37. The number of halogens is 1. The van der Waals surface area contributed by atoms with Gasteiger partial charge in [-0.2, -0.15) is 0 Å². The summed E-state index contributed by atoms with van der Waals surface area (Å²) in [6.45, 7) is 2.64. The zero-order valence-corrected chi connectivity index (χ0v) is 18.6. The van der Waals surface area contributed by atoms with Crippen LogP contribution < -0.4 is 5.32 Å². The largest absolute Gasteiger partial charge is 0.322 e. The van der Waals surface area contributed by atoms with Crippen molar-refractivity contribution in [3.05, 3.63) is 119 Å². The fourth-order valence-electron chi connectivity index (χ4n) is 4.35. The number of amides is 2. The number of urea groups is 1. The molecule has 0 saturated carbocycles. The average molecular weight is 442 g/mol. The molecule has 1 atom stereocenters. The predicted octanol–water partition coefficient (Wildman–Crippen LogP) is 6.83. The van der Waals surface area contributed by atoms with E-state index in [9.17, 15) is 4.79 Å². The Balaban J connectivity index is 1.61. The van der Waals surface area contributed by atoms with Gasteiger partial charge in [0, 0.05) is 22.6 Å². The zero-order chi connectivity index (χ0) is 22.1. The third-order valence-corrected chi connectivity index (χ3v) is 6.28. The van der Waals surface area contributed by atoms with Gasteiger partial charge in [0.2, 0.25) is 0 Å². The lowest BCUT2D eigenvalue weighted by atomic mass is 10.00. The SMILES string of the molecule is CCc1ccc([C@@H]2c3cccn3-c3ccccc3CN2C(=O)Nc2ccc(Cl)cc2)cc1. The second kappa shape index (κ2) is 8.56. The molecule has 5 heteroatoms. The fraction of sp³-hybridized carbons (Fsp3) is 0.148. The number of rotatable bonds is 3. The standard InChI is InChI=1S/C27H24ClN3O/c1-2-19-9-11-20(12-10-19)26-25-8-5-17-30(25)24-7-4-3-6-21(24)18-31(26)27(32)29-23-15-13-22(28)14-16-23/h3-17,26H,2,18H2,1H3,(H,29,32)/t26-/m1/s1. The van der Waals surface area contributed by atoms with Crippen molar-refractivity contribution >= 4 is 23.3 Å². The van der Waals surface area contributed by atoms with Crippen LogP contribution in [0.15, 0.2) is 91.1 Å². The third-order valence-electron chi connectivity index (χ3n) is 6.02. The van der Waals surface area contributed by atoms with Gasteiger partial charge in [0.05, 0.1) is 18.3 Å². The number of para-hydroxylation sites is 1. The van der Waals surface area contributed by atoms with E-state index in [1.807, 2.05) is 35.2 Å². The summed E-state index contributed by atoms with van der Waals surface area (Å²) < 4.78 is 2.20. The molecule has 1 N–H and O–H groups in total. The molecule has 32 heavy (non-hydrogen) atoms. The highest BCUT2D eigenvalue weighted by atomic mass is 35.5. The molecule has 1 aliphatic rings. The molecular formula is C27H24ClN3O. The van der Waals surface area contributed by atoms with E-state index in [-0.39, 0.29) is 12.1 Å². The van der Waals surface area contributed by atoms with Crippen LogP contribution in [0.2, 0.25) is 5.02 Å². The molecule has 0 saturated heterocycles. The highest BCUT2D eigenvalue weighted by molar-refractivity contribution is 6.30. The Morgan fingerprint density at radius 2 is 1.72 bits per heavy atom. The van der Waals surface area contributed by atoms with Crippen molar-refractivity contribution in [3.63, 3.8) is 0 Å². The summed E-state index contributed by atoms with van der Waals surface area (Å²) in [6.07, 6.45) is 3.05. The Morgan fingerprint density at radius 3 is 2.47 bits per heavy atom. The van der Waals surface area contributed by atoms with Gasteiger partial charge in [0.1, 0.15) is 0 Å². The maximum atomic E-state index is 13.6. The van der Waals surface area contributed by atoms with Gasteiger partial charge in [0.25, 0.3) is 0 Å². The summed E-state index contributed by atoms with van der Waals surface area (Å²) in [5.74, 6) is 0. The van der Waals surface area contributed by atoms with Gasteiger partial charge in [-0.1, -0.05) is 61.0 Å². The molecule has 0 spiro atoms.